The lowest BCUT2D eigenvalue weighted by Crippen LogP contribution is -2.54. The van der Waals surface area contributed by atoms with Gasteiger partial charge in [0.2, 0.25) is 17.7 Å². The van der Waals surface area contributed by atoms with Gasteiger partial charge < -0.3 is 5.32 Å². The van der Waals surface area contributed by atoms with Gasteiger partial charge in [0.15, 0.2) is 0 Å². The number of nitrogens with one attached hydrogen (secondary N) is 2. The van der Waals surface area contributed by atoms with Gasteiger partial charge in [-0.2, -0.15) is 0 Å². The van der Waals surface area contributed by atoms with Gasteiger partial charge in [-0.25, -0.2) is 0 Å². The highest BCUT2D eigenvalue weighted by Gasteiger charge is 2.45. The lowest BCUT2D eigenvalue weighted by molar-refractivity contribution is -0.136. The highest BCUT2D eigenvalue weighted by molar-refractivity contribution is 14.1. The average molecular weight is 595 g/mol. The maximum absolute atomic E-state index is 13.1. The number of anilines is 1. The number of carbonyl (C=O) groups excluding carboxylic acids is 5. The number of amides is 5. The molecule has 2 heterocycles. The van der Waals surface area contributed by atoms with E-state index in [4.69, 9.17) is 0 Å². The highest BCUT2D eigenvalue weighted by atomic mass is 127. The number of piperidine rings is 1. The molecule has 9 heteroatoms. The zero-order valence-electron chi connectivity index (χ0n) is 20.1. The summed E-state index contributed by atoms with van der Waals surface area (Å²) in [5, 5.41) is 4.96. The Morgan fingerprint density at radius 1 is 0.914 bits per heavy atom. The number of unbranched alkanes of at least 4 members (excludes halogenated alkanes) is 9. The van der Waals surface area contributed by atoms with Crippen LogP contribution in [-0.4, -0.2) is 44.9 Å². The molecular weight excluding hydrogens is 561 g/mol. The molecule has 1 aromatic carbocycles. The molecule has 1 atom stereocenters. The molecule has 1 unspecified atom stereocenters. The molecule has 2 N–H and O–H groups in total. The fraction of sp³-hybridized carbons (Fsp3) is 0.577. The molecule has 1 saturated heterocycles. The Kier molecular flexibility index (Phi) is 10.7. The van der Waals surface area contributed by atoms with Crippen LogP contribution in [0.4, 0.5) is 5.69 Å². The van der Waals surface area contributed by atoms with Crippen LogP contribution >= 0.6 is 22.6 Å². The quantitative estimate of drug-likeness (QED) is 0.140. The number of halogens is 1. The fourth-order valence-corrected chi connectivity index (χ4v) is 5.17. The zero-order valence-corrected chi connectivity index (χ0v) is 22.2. The van der Waals surface area contributed by atoms with Crippen LogP contribution in [0.25, 0.3) is 0 Å². The molecule has 2 aliphatic heterocycles. The molecule has 35 heavy (non-hydrogen) atoms. The minimum atomic E-state index is -1.03. The van der Waals surface area contributed by atoms with E-state index in [2.05, 4.69) is 33.2 Å². The number of benzene rings is 1. The Morgan fingerprint density at radius 3 is 2.17 bits per heavy atom. The van der Waals surface area contributed by atoms with E-state index >= 15 is 0 Å². The monoisotopic (exact) mass is 595 g/mol. The predicted octanol–water partition coefficient (Wildman–Crippen LogP) is 4.75. The summed E-state index contributed by atoms with van der Waals surface area (Å²) >= 11 is 2.42. The minimum Gasteiger partial charge on any atom is -0.325 e. The second-order valence-electron chi connectivity index (χ2n) is 9.20. The van der Waals surface area contributed by atoms with Crippen LogP contribution in [-0.2, 0) is 14.4 Å². The number of alkyl halides is 1. The third kappa shape index (κ3) is 7.35. The molecule has 2 aliphatic rings. The van der Waals surface area contributed by atoms with Crippen molar-refractivity contribution in [3.63, 3.8) is 0 Å². The van der Waals surface area contributed by atoms with Crippen molar-refractivity contribution in [2.75, 3.05) is 9.74 Å². The van der Waals surface area contributed by atoms with Crippen LogP contribution in [0.5, 0.6) is 0 Å². The Labute approximate surface area is 220 Å². The standard InChI is InChI=1S/C26H34IN3O5/c27-17-10-8-6-4-2-1-3-5-7-9-14-21(31)28-19-13-11-12-18-23(19)26(35)30(25(18)34)20-15-16-22(32)29-24(20)33/h11-13,20H,1-10,14-17H2,(H,28,31)(H,29,32,33). The maximum Gasteiger partial charge on any atom is 0.264 e. The smallest absolute Gasteiger partial charge is 0.264 e. The van der Waals surface area contributed by atoms with Crippen molar-refractivity contribution in [1.82, 2.24) is 10.2 Å². The SMILES string of the molecule is O=C1CCC(N2C(=O)c3cccc(NC(=O)CCCCCCCCCCCCI)c3C2=O)C(=O)N1. The van der Waals surface area contributed by atoms with Crippen molar-refractivity contribution in [2.24, 2.45) is 0 Å². The molecule has 1 aromatic rings. The number of hydrogen-bond donors (Lipinski definition) is 2. The summed E-state index contributed by atoms with van der Waals surface area (Å²) in [5.74, 6) is -2.48. The first-order valence-electron chi connectivity index (χ1n) is 12.6. The van der Waals surface area contributed by atoms with Crippen molar-refractivity contribution < 1.29 is 24.0 Å². The van der Waals surface area contributed by atoms with Gasteiger partial charge in [0.05, 0.1) is 16.8 Å². The van der Waals surface area contributed by atoms with Crippen molar-refractivity contribution in [1.29, 1.82) is 0 Å². The van der Waals surface area contributed by atoms with E-state index in [0.29, 0.717) is 6.42 Å². The Morgan fingerprint density at radius 2 is 1.54 bits per heavy atom. The van der Waals surface area contributed by atoms with Gasteiger partial charge in [-0.3, -0.25) is 34.2 Å². The summed E-state index contributed by atoms with van der Waals surface area (Å²) in [6.07, 6.45) is 12.4. The van der Waals surface area contributed by atoms with Crippen LogP contribution in [0.15, 0.2) is 18.2 Å². The van der Waals surface area contributed by atoms with E-state index < -0.39 is 29.7 Å². The second kappa shape index (κ2) is 13.7. The van der Waals surface area contributed by atoms with Crippen molar-refractivity contribution in [2.45, 2.75) is 89.5 Å². The van der Waals surface area contributed by atoms with E-state index in [1.807, 2.05) is 0 Å². The molecule has 1 fully saturated rings. The average Bonchev–Trinajstić information content (AvgIpc) is 3.08. The molecule has 0 saturated carbocycles. The molecular formula is C26H34IN3O5. The molecule has 0 aliphatic carbocycles. The molecule has 0 aromatic heterocycles. The van der Waals surface area contributed by atoms with Crippen LogP contribution in [0, 0.1) is 0 Å². The number of carbonyl (C=O) groups is 5. The van der Waals surface area contributed by atoms with Gasteiger partial charge in [-0.05, 0) is 35.8 Å². The largest absolute Gasteiger partial charge is 0.325 e. The van der Waals surface area contributed by atoms with E-state index in [1.165, 1.54) is 55.4 Å². The molecule has 8 nitrogen and oxygen atoms in total. The van der Waals surface area contributed by atoms with Gasteiger partial charge in [-0.1, -0.05) is 80.0 Å². The number of imide groups is 2. The van der Waals surface area contributed by atoms with E-state index in [-0.39, 0.29) is 35.6 Å². The molecule has 3 rings (SSSR count). The second-order valence-corrected chi connectivity index (χ2v) is 10.3. The van der Waals surface area contributed by atoms with Crippen LogP contribution in [0.3, 0.4) is 0 Å². The van der Waals surface area contributed by atoms with Gasteiger partial charge in [-0.15, -0.1) is 0 Å². The molecule has 0 bridgehead atoms. The van der Waals surface area contributed by atoms with Gasteiger partial charge in [0.1, 0.15) is 6.04 Å². The first-order valence-corrected chi connectivity index (χ1v) is 14.2. The summed E-state index contributed by atoms with van der Waals surface area (Å²) in [7, 11) is 0. The lowest BCUT2D eigenvalue weighted by Gasteiger charge is -2.27. The van der Waals surface area contributed by atoms with Gasteiger partial charge in [0, 0.05) is 12.8 Å². The summed E-state index contributed by atoms with van der Waals surface area (Å²) in [6.45, 7) is 0. The molecule has 0 spiro atoms. The lowest BCUT2D eigenvalue weighted by atomic mass is 10.0. The third-order valence-electron chi connectivity index (χ3n) is 6.53. The van der Waals surface area contributed by atoms with Gasteiger partial charge >= 0.3 is 0 Å². The first kappa shape index (κ1) is 27.3. The van der Waals surface area contributed by atoms with Gasteiger partial charge in [0.25, 0.3) is 11.8 Å². The fourth-order valence-electron chi connectivity index (χ4n) is 4.63. The van der Waals surface area contributed by atoms with E-state index in [0.717, 1.165) is 24.2 Å². The van der Waals surface area contributed by atoms with Crippen LogP contribution in [0.2, 0.25) is 0 Å². The van der Waals surface area contributed by atoms with Crippen molar-refractivity contribution in [3.8, 4) is 0 Å². The molecule has 190 valence electrons. The third-order valence-corrected chi connectivity index (χ3v) is 7.29. The van der Waals surface area contributed by atoms with Crippen LogP contribution in [0.1, 0.15) is 104 Å². The Bertz CT molecular complexity index is 964. The normalized spacial score (nSPS) is 17.5. The highest BCUT2D eigenvalue weighted by Crippen LogP contribution is 2.32. The Balaban J connectivity index is 1.44. The first-order chi connectivity index (χ1) is 16.9. The zero-order chi connectivity index (χ0) is 25.2. The minimum absolute atomic E-state index is 0.0616. The summed E-state index contributed by atoms with van der Waals surface area (Å²) in [5.41, 5.74) is 0.545. The summed E-state index contributed by atoms with van der Waals surface area (Å²) in [4.78, 5) is 63.1. The number of nitrogens with zero attached hydrogens (tertiary/aromatic N) is 1. The number of fused-ring (bicyclic) bond motifs is 1. The molecule has 5 amide bonds. The van der Waals surface area contributed by atoms with Crippen molar-refractivity contribution in [3.05, 3.63) is 29.3 Å². The predicted molar refractivity (Wildman–Crippen MR) is 141 cm³/mol. The summed E-state index contributed by atoms with van der Waals surface area (Å²) < 4.78 is 1.24. The summed E-state index contributed by atoms with van der Waals surface area (Å²) in [6, 6.07) is 3.69. The van der Waals surface area contributed by atoms with Crippen LogP contribution < -0.4 is 10.6 Å². The van der Waals surface area contributed by atoms with E-state index in [1.54, 1.807) is 12.1 Å². The van der Waals surface area contributed by atoms with Crippen molar-refractivity contribution >= 4 is 57.8 Å². The number of hydrogen-bond acceptors (Lipinski definition) is 5. The number of rotatable bonds is 14. The van der Waals surface area contributed by atoms with E-state index in [9.17, 15) is 24.0 Å². The Hall–Kier alpha value is -2.30. The molecule has 0 radical (unpaired) electrons. The topological polar surface area (TPSA) is 113 Å². The maximum atomic E-state index is 13.1.